The number of fused-ring (bicyclic) bond motifs is 1. The molecule has 1 heterocycles. The van der Waals surface area contributed by atoms with Crippen LogP contribution in [0.5, 0.6) is 0 Å². The molecule has 1 aliphatic rings. The number of nitrogens with zero attached hydrogens (tertiary/aromatic N) is 1. The van der Waals surface area contributed by atoms with Crippen molar-refractivity contribution >= 4 is 11.0 Å². The molecule has 0 saturated heterocycles. The van der Waals surface area contributed by atoms with Crippen molar-refractivity contribution in [1.29, 1.82) is 0 Å². The Kier molecular flexibility index (Phi) is 1.99. The second kappa shape index (κ2) is 3.35. The van der Waals surface area contributed by atoms with E-state index in [0.717, 1.165) is 17.7 Å². The lowest BCUT2D eigenvalue weighted by molar-refractivity contribution is 0.446. The van der Waals surface area contributed by atoms with E-state index in [1.807, 2.05) is 0 Å². The molecule has 1 aromatic heterocycles. The third kappa shape index (κ3) is 1.53. The van der Waals surface area contributed by atoms with Crippen LogP contribution in [-0.2, 0) is 6.42 Å². The first kappa shape index (κ1) is 8.92. The minimum absolute atomic E-state index is 0.645. The molecule has 78 valence electrons. The molecule has 3 heteroatoms. The summed E-state index contributed by atoms with van der Waals surface area (Å²) in [4.78, 5) is 0. The van der Waals surface area contributed by atoms with Crippen molar-refractivity contribution in [3.63, 3.8) is 0 Å². The minimum atomic E-state index is 0.645. The Balaban J connectivity index is 2.05. The van der Waals surface area contributed by atoms with Crippen molar-refractivity contribution in [2.45, 2.75) is 25.2 Å². The van der Waals surface area contributed by atoms with E-state index in [-0.39, 0.29) is 0 Å². The van der Waals surface area contributed by atoms with Crippen LogP contribution in [0.25, 0.3) is 11.0 Å². The van der Waals surface area contributed by atoms with Crippen molar-refractivity contribution in [1.82, 2.24) is 5.16 Å². The molecule has 1 fully saturated rings. The minimum Gasteiger partial charge on any atom is -0.356 e. The molecule has 1 saturated carbocycles. The Labute approximate surface area is 88.2 Å². The zero-order chi connectivity index (χ0) is 10.3. The van der Waals surface area contributed by atoms with Gasteiger partial charge >= 0.3 is 0 Å². The first-order valence-electron chi connectivity index (χ1n) is 5.47. The lowest BCUT2D eigenvalue weighted by atomic mass is 10.1. The van der Waals surface area contributed by atoms with Gasteiger partial charge in [-0.15, -0.1) is 0 Å². The summed E-state index contributed by atoms with van der Waals surface area (Å²) >= 11 is 0. The van der Waals surface area contributed by atoms with Crippen molar-refractivity contribution in [2.24, 2.45) is 5.73 Å². The van der Waals surface area contributed by atoms with Gasteiger partial charge in [-0.3, -0.25) is 0 Å². The van der Waals surface area contributed by atoms with Crippen molar-refractivity contribution in [2.75, 3.05) is 6.54 Å². The van der Waals surface area contributed by atoms with Crippen LogP contribution in [0, 0.1) is 0 Å². The third-order valence-corrected chi connectivity index (χ3v) is 2.96. The van der Waals surface area contributed by atoms with Gasteiger partial charge in [-0.1, -0.05) is 11.2 Å². The number of hydrogen-bond acceptors (Lipinski definition) is 3. The largest absolute Gasteiger partial charge is 0.356 e. The number of nitrogens with two attached hydrogens (primary N) is 1. The van der Waals surface area contributed by atoms with Gasteiger partial charge in [0.2, 0.25) is 0 Å². The maximum atomic E-state index is 5.52. The lowest BCUT2D eigenvalue weighted by Crippen LogP contribution is -2.02. The summed E-state index contributed by atoms with van der Waals surface area (Å²) in [6.07, 6.45) is 3.41. The molecular weight excluding hydrogens is 188 g/mol. The fourth-order valence-electron chi connectivity index (χ4n) is 1.97. The second-order valence-electron chi connectivity index (χ2n) is 4.21. The van der Waals surface area contributed by atoms with Gasteiger partial charge in [-0.05, 0) is 43.5 Å². The fraction of sp³-hybridized carbons (Fsp3) is 0.417. The van der Waals surface area contributed by atoms with Gasteiger partial charge in [0.15, 0.2) is 5.58 Å². The normalized spacial score (nSPS) is 16.1. The molecule has 1 aromatic carbocycles. The van der Waals surface area contributed by atoms with Gasteiger partial charge in [0, 0.05) is 11.3 Å². The SMILES string of the molecule is NCCc1ccc2c(C3CC3)noc2c1. The summed E-state index contributed by atoms with van der Waals surface area (Å²) in [6.45, 7) is 0.676. The van der Waals surface area contributed by atoms with Crippen LogP contribution in [0.3, 0.4) is 0 Å². The van der Waals surface area contributed by atoms with Crippen molar-refractivity contribution < 1.29 is 4.52 Å². The van der Waals surface area contributed by atoms with Crippen molar-refractivity contribution in [3.05, 3.63) is 29.5 Å². The molecule has 0 radical (unpaired) electrons. The van der Waals surface area contributed by atoms with Gasteiger partial charge in [-0.2, -0.15) is 0 Å². The van der Waals surface area contributed by atoms with Gasteiger partial charge in [0.25, 0.3) is 0 Å². The topological polar surface area (TPSA) is 52.0 Å². The maximum absolute atomic E-state index is 5.52. The van der Waals surface area contributed by atoms with E-state index in [4.69, 9.17) is 10.3 Å². The van der Waals surface area contributed by atoms with Crippen LogP contribution in [0.4, 0.5) is 0 Å². The van der Waals surface area contributed by atoms with E-state index < -0.39 is 0 Å². The molecule has 1 aliphatic carbocycles. The Bertz CT molecular complexity index is 485. The first-order chi connectivity index (χ1) is 7.38. The smallest absolute Gasteiger partial charge is 0.167 e. The third-order valence-electron chi connectivity index (χ3n) is 2.96. The van der Waals surface area contributed by atoms with E-state index in [9.17, 15) is 0 Å². The van der Waals surface area contributed by atoms with Crippen LogP contribution < -0.4 is 5.73 Å². The molecule has 0 atom stereocenters. The molecule has 3 nitrogen and oxygen atoms in total. The summed E-state index contributed by atoms with van der Waals surface area (Å²) < 4.78 is 5.35. The van der Waals surface area contributed by atoms with Crippen LogP contribution in [0.15, 0.2) is 22.7 Å². The standard InChI is InChI=1S/C12H14N2O/c13-6-5-8-1-4-10-11(7-8)15-14-12(10)9-2-3-9/h1,4,7,9H,2-3,5-6,13H2. The number of benzene rings is 1. The van der Waals surface area contributed by atoms with E-state index in [1.165, 1.54) is 23.8 Å². The van der Waals surface area contributed by atoms with Gasteiger partial charge in [0.1, 0.15) is 0 Å². The predicted molar refractivity (Wildman–Crippen MR) is 58.7 cm³/mol. The van der Waals surface area contributed by atoms with Crippen LogP contribution in [0.2, 0.25) is 0 Å². The Morgan fingerprint density at radius 1 is 1.40 bits per heavy atom. The Morgan fingerprint density at radius 2 is 2.27 bits per heavy atom. The lowest BCUT2D eigenvalue weighted by Gasteiger charge is -1.97. The molecular formula is C12H14N2O. The highest BCUT2D eigenvalue weighted by Gasteiger charge is 2.28. The van der Waals surface area contributed by atoms with E-state index in [0.29, 0.717) is 12.5 Å². The van der Waals surface area contributed by atoms with Crippen LogP contribution in [0.1, 0.15) is 30.0 Å². The number of hydrogen-bond donors (Lipinski definition) is 1. The van der Waals surface area contributed by atoms with Gasteiger partial charge < -0.3 is 10.3 Å². The molecule has 15 heavy (non-hydrogen) atoms. The zero-order valence-electron chi connectivity index (χ0n) is 8.57. The predicted octanol–water partition coefficient (Wildman–Crippen LogP) is 2.21. The van der Waals surface area contributed by atoms with E-state index in [1.54, 1.807) is 0 Å². The monoisotopic (exact) mass is 202 g/mol. The highest BCUT2D eigenvalue weighted by atomic mass is 16.5. The second-order valence-corrected chi connectivity index (χ2v) is 4.21. The highest BCUT2D eigenvalue weighted by molar-refractivity contribution is 5.80. The van der Waals surface area contributed by atoms with Crippen LogP contribution >= 0.6 is 0 Å². The quantitative estimate of drug-likeness (QED) is 0.830. The summed E-state index contributed by atoms with van der Waals surface area (Å²) in [5, 5.41) is 5.33. The van der Waals surface area contributed by atoms with E-state index in [2.05, 4.69) is 23.4 Å². The first-order valence-corrected chi connectivity index (χ1v) is 5.47. The van der Waals surface area contributed by atoms with Gasteiger partial charge in [0.05, 0.1) is 5.69 Å². The maximum Gasteiger partial charge on any atom is 0.167 e. The van der Waals surface area contributed by atoms with E-state index >= 15 is 0 Å². The fourth-order valence-corrected chi connectivity index (χ4v) is 1.97. The summed E-state index contributed by atoms with van der Waals surface area (Å²) in [5.41, 5.74) is 8.80. The Hall–Kier alpha value is -1.35. The highest BCUT2D eigenvalue weighted by Crippen LogP contribution is 2.42. The van der Waals surface area contributed by atoms with Crippen molar-refractivity contribution in [3.8, 4) is 0 Å². The average molecular weight is 202 g/mol. The molecule has 3 rings (SSSR count). The molecule has 0 bridgehead atoms. The molecule has 2 aromatic rings. The van der Waals surface area contributed by atoms with Gasteiger partial charge in [-0.25, -0.2) is 0 Å². The number of rotatable bonds is 3. The Morgan fingerprint density at radius 3 is 3.00 bits per heavy atom. The molecule has 0 unspecified atom stereocenters. The molecule has 0 spiro atoms. The molecule has 0 aliphatic heterocycles. The zero-order valence-corrected chi connectivity index (χ0v) is 8.57. The molecule has 2 N–H and O–H groups in total. The van der Waals surface area contributed by atoms with Crippen LogP contribution in [-0.4, -0.2) is 11.7 Å². The molecule has 0 amide bonds. The summed E-state index contributed by atoms with van der Waals surface area (Å²) in [5.74, 6) is 0.645. The summed E-state index contributed by atoms with van der Waals surface area (Å²) in [6, 6.07) is 6.30. The average Bonchev–Trinajstić information content (AvgIpc) is 3.00. The summed E-state index contributed by atoms with van der Waals surface area (Å²) in [7, 11) is 0. The number of aromatic nitrogens is 1.